The lowest BCUT2D eigenvalue weighted by atomic mass is 9.90. The van der Waals surface area contributed by atoms with Gasteiger partial charge in [-0.2, -0.15) is 11.3 Å². The van der Waals surface area contributed by atoms with Crippen LogP contribution in [-0.4, -0.2) is 37.9 Å². The maximum absolute atomic E-state index is 14.6. The molecule has 2 atom stereocenters. The molecule has 0 saturated heterocycles. The Hall–Kier alpha value is -3.04. The van der Waals surface area contributed by atoms with E-state index < -0.39 is 5.82 Å². The topological polar surface area (TPSA) is 95.6 Å². The molecule has 10 heteroatoms. The van der Waals surface area contributed by atoms with Gasteiger partial charge in [0.05, 0.1) is 23.8 Å². The minimum Gasteiger partial charge on any atom is -0.380 e. The molecule has 0 unspecified atom stereocenters. The Kier molecular flexibility index (Phi) is 5.75. The lowest BCUT2D eigenvalue weighted by Crippen LogP contribution is -2.41. The van der Waals surface area contributed by atoms with Crippen LogP contribution < -0.4 is 10.6 Å². The number of hydrogen-bond acceptors (Lipinski definition) is 6. The Morgan fingerprint density at radius 3 is 2.97 bits per heavy atom. The SMILES string of the molecule is O=C(N[C@@H]1CCC[C@H](Nc2cc(-c3c[nH]c4ncc(Cl)nc34)ncc2F)C1)c1ccsc1. The van der Waals surface area contributed by atoms with Crippen LogP contribution in [0.15, 0.2) is 41.5 Å². The van der Waals surface area contributed by atoms with Gasteiger partial charge in [-0.1, -0.05) is 11.6 Å². The van der Waals surface area contributed by atoms with E-state index in [-0.39, 0.29) is 23.1 Å². The van der Waals surface area contributed by atoms with Crippen LogP contribution in [0.2, 0.25) is 5.15 Å². The van der Waals surface area contributed by atoms with Crippen molar-refractivity contribution in [2.24, 2.45) is 0 Å². The van der Waals surface area contributed by atoms with Crippen LogP contribution in [0.3, 0.4) is 0 Å². The second-order valence-corrected chi connectivity index (χ2v) is 9.00. The highest BCUT2D eigenvalue weighted by atomic mass is 35.5. The molecule has 1 amide bonds. The second kappa shape index (κ2) is 8.84. The molecular formula is C22H20ClFN6OS. The van der Waals surface area contributed by atoms with Crippen molar-refractivity contribution < 1.29 is 9.18 Å². The van der Waals surface area contributed by atoms with Crippen molar-refractivity contribution in [1.82, 2.24) is 25.3 Å². The Bertz CT molecular complexity index is 1260. The van der Waals surface area contributed by atoms with Gasteiger partial charge in [0.15, 0.2) is 11.5 Å². The third-order valence-electron chi connectivity index (χ3n) is 5.64. The fourth-order valence-corrected chi connectivity index (χ4v) is 4.87. The van der Waals surface area contributed by atoms with Crippen LogP contribution in [0.5, 0.6) is 0 Å². The highest BCUT2D eigenvalue weighted by molar-refractivity contribution is 7.08. The van der Waals surface area contributed by atoms with Crippen molar-refractivity contribution in [2.45, 2.75) is 37.8 Å². The molecule has 1 saturated carbocycles. The van der Waals surface area contributed by atoms with Crippen LogP contribution in [-0.2, 0) is 0 Å². The Morgan fingerprint density at radius 2 is 2.12 bits per heavy atom. The van der Waals surface area contributed by atoms with Gasteiger partial charge in [-0.25, -0.2) is 14.4 Å². The first-order chi connectivity index (χ1) is 15.6. The van der Waals surface area contributed by atoms with Gasteiger partial charge in [0.25, 0.3) is 5.91 Å². The predicted molar refractivity (Wildman–Crippen MR) is 124 cm³/mol. The number of aromatic nitrogens is 4. The van der Waals surface area contributed by atoms with Crippen LogP contribution in [0.4, 0.5) is 10.1 Å². The summed E-state index contributed by atoms with van der Waals surface area (Å²) in [7, 11) is 0. The molecule has 4 aromatic heterocycles. The minimum atomic E-state index is -0.429. The van der Waals surface area contributed by atoms with Gasteiger partial charge in [0.1, 0.15) is 10.7 Å². The normalized spacial score (nSPS) is 18.6. The Balaban J connectivity index is 1.33. The highest BCUT2D eigenvalue weighted by Gasteiger charge is 2.25. The number of nitrogens with zero attached hydrogens (tertiary/aromatic N) is 3. The molecule has 0 radical (unpaired) electrons. The third kappa shape index (κ3) is 4.31. The van der Waals surface area contributed by atoms with E-state index in [1.807, 2.05) is 16.8 Å². The zero-order valence-electron chi connectivity index (χ0n) is 16.9. The van der Waals surface area contributed by atoms with Gasteiger partial charge in [-0.15, -0.1) is 0 Å². The van der Waals surface area contributed by atoms with Crippen LogP contribution in [0.1, 0.15) is 36.0 Å². The third-order valence-corrected chi connectivity index (χ3v) is 6.50. The number of fused-ring (bicyclic) bond motifs is 1. The number of H-pyrrole nitrogens is 1. The Morgan fingerprint density at radius 1 is 1.25 bits per heavy atom. The smallest absolute Gasteiger partial charge is 0.252 e. The number of hydrogen-bond donors (Lipinski definition) is 3. The monoisotopic (exact) mass is 470 g/mol. The first-order valence-electron chi connectivity index (χ1n) is 10.3. The van der Waals surface area contributed by atoms with Gasteiger partial charge in [-0.3, -0.25) is 9.78 Å². The summed E-state index contributed by atoms with van der Waals surface area (Å²) in [5.74, 6) is -0.490. The van der Waals surface area contributed by atoms with Gasteiger partial charge < -0.3 is 15.6 Å². The number of amides is 1. The average molecular weight is 471 g/mol. The van der Waals surface area contributed by atoms with E-state index in [0.29, 0.717) is 33.7 Å². The summed E-state index contributed by atoms with van der Waals surface area (Å²) < 4.78 is 14.6. The minimum absolute atomic E-state index is 0.0403. The van der Waals surface area contributed by atoms with E-state index in [1.165, 1.54) is 23.7 Å². The number of anilines is 1. The number of carbonyl (C=O) groups is 1. The van der Waals surface area contributed by atoms with Gasteiger partial charge in [0, 0.05) is 34.8 Å². The van der Waals surface area contributed by atoms with Crippen LogP contribution in [0.25, 0.3) is 22.4 Å². The highest BCUT2D eigenvalue weighted by Crippen LogP contribution is 2.30. The first kappa shape index (κ1) is 20.8. The number of halogens is 2. The molecule has 4 heterocycles. The molecule has 7 nitrogen and oxygen atoms in total. The lowest BCUT2D eigenvalue weighted by molar-refractivity contribution is 0.0927. The number of carbonyl (C=O) groups excluding carboxylic acids is 1. The molecule has 5 rings (SSSR count). The number of pyridine rings is 1. The zero-order chi connectivity index (χ0) is 22.1. The maximum atomic E-state index is 14.6. The predicted octanol–water partition coefficient (Wildman–Crippen LogP) is 5.03. The van der Waals surface area contributed by atoms with E-state index in [9.17, 15) is 9.18 Å². The van der Waals surface area contributed by atoms with Crippen molar-refractivity contribution in [3.05, 3.63) is 58.0 Å². The van der Waals surface area contributed by atoms with E-state index in [2.05, 4.69) is 30.6 Å². The molecule has 0 aromatic carbocycles. The summed E-state index contributed by atoms with van der Waals surface area (Å²) in [6.45, 7) is 0. The van der Waals surface area contributed by atoms with Crippen molar-refractivity contribution in [2.75, 3.05) is 5.32 Å². The number of thiophene rings is 1. The fourth-order valence-electron chi connectivity index (χ4n) is 4.10. The number of nitrogens with one attached hydrogen (secondary N) is 3. The summed E-state index contributed by atoms with van der Waals surface area (Å²) in [4.78, 5) is 28.2. The van der Waals surface area contributed by atoms with Crippen molar-refractivity contribution in [1.29, 1.82) is 0 Å². The molecule has 164 valence electrons. The lowest BCUT2D eigenvalue weighted by Gasteiger charge is -2.31. The summed E-state index contributed by atoms with van der Waals surface area (Å²) in [5.41, 5.74) is 3.47. The average Bonchev–Trinajstić information content (AvgIpc) is 3.46. The summed E-state index contributed by atoms with van der Waals surface area (Å²) in [6, 6.07) is 3.57. The summed E-state index contributed by atoms with van der Waals surface area (Å²) >= 11 is 7.49. The van der Waals surface area contributed by atoms with E-state index in [0.717, 1.165) is 25.7 Å². The molecular weight excluding hydrogens is 451 g/mol. The molecule has 3 N–H and O–H groups in total. The molecule has 0 spiro atoms. The molecule has 1 aliphatic rings. The summed E-state index contributed by atoms with van der Waals surface area (Å²) in [5, 5.41) is 10.4. The zero-order valence-corrected chi connectivity index (χ0v) is 18.5. The van der Waals surface area contributed by atoms with Crippen molar-refractivity contribution >= 4 is 45.7 Å². The van der Waals surface area contributed by atoms with Gasteiger partial charge >= 0.3 is 0 Å². The van der Waals surface area contributed by atoms with Gasteiger partial charge in [-0.05, 0) is 43.2 Å². The van der Waals surface area contributed by atoms with E-state index in [4.69, 9.17) is 11.6 Å². The Labute approximate surface area is 192 Å². The molecule has 0 aliphatic heterocycles. The fraction of sp³-hybridized carbons (Fsp3) is 0.273. The van der Waals surface area contributed by atoms with E-state index >= 15 is 0 Å². The van der Waals surface area contributed by atoms with Crippen molar-refractivity contribution in [3.8, 4) is 11.3 Å². The molecule has 0 bridgehead atoms. The maximum Gasteiger partial charge on any atom is 0.252 e. The van der Waals surface area contributed by atoms with Crippen LogP contribution >= 0.6 is 22.9 Å². The van der Waals surface area contributed by atoms with E-state index in [1.54, 1.807) is 12.3 Å². The molecule has 4 aromatic rings. The molecule has 32 heavy (non-hydrogen) atoms. The number of aromatic amines is 1. The molecule has 1 aliphatic carbocycles. The van der Waals surface area contributed by atoms with Crippen molar-refractivity contribution in [3.63, 3.8) is 0 Å². The van der Waals surface area contributed by atoms with Crippen LogP contribution in [0, 0.1) is 5.82 Å². The standard InChI is InChI=1S/C22H20ClFN6OS/c23-19-10-27-21-20(30-19)15(8-26-21)17-7-18(16(24)9-25-17)28-13-2-1-3-14(6-13)29-22(31)12-4-5-32-11-12/h4-5,7-11,13-14H,1-3,6H2,(H,25,28)(H,26,27)(H,29,31)/t13-,14+/m0/s1. The molecule has 1 fully saturated rings. The second-order valence-electron chi connectivity index (χ2n) is 7.83. The summed E-state index contributed by atoms with van der Waals surface area (Å²) in [6.07, 6.45) is 7.88. The first-order valence-corrected chi connectivity index (χ1v) is 11.6. The number of rotatable bonds is 5. The largest absolute Gasteiger partial charge is 0.380 e. The quantitative estimate of drug-likeness (QED) is 0.380. The van der Waals surface area contributed by atoms with Gasteiger partial charge in [0.2, 0.25) is 0 Å².